The average molecular weight is 378 g/mol. The molecule has 1 aliphatic heterocycles. The SMILES string of the molecule is CC(=O)N(CC(=O)O)C1CCCN(C(=O)c2csc3c2CCCC3)CC1. The Hall–Kier alpha value is -1.89. The Kier molecular flexibility index (Phi) is 5.96. The molecule has 3 rings (SSSR count). The second-order valence-electron chi connectivity index (χ2n) is 7.18. The minimum atomic E-state index is -0.998. The van der Waals surface area contributed by atoms with Crippen molar-refractivity contribution in [1.29, 1.82) is 0 Å². The number of fused-ring (bicyclic) bond motifs is 1. The van der Waals surface area contributed by atoms with Gasteiger partial charge >= 0.3 is 5.97 Å². The Balaban J connectivity index is 1.68. The van der Waals surface area contributed by atoms with E-state index in [1.807, 2.05) is 10.3 Å². The molecule has 26 heavy (non-hydrogen) atoms. The maximum absolute atomic E-state index is 13.0. The van der Waals surface area contributed by atoms with Gasteiger partial charge in [-0.15, -0.1) is 11.3 Å². The summed E-state index contributed by atoms with van der Waals surface area (Å²) >= 11 is 1.70. The van der Waals surface area contributed by atoms with Crippen molar-refractivity contribution >= 4 is 29.1 Å². The van der Waals surface area contributed by atoms with E-state index in [4.69, 9.17) is 5.11 Å². The minimum absolute atomic E-state index is 0.0951. The molecule has 142 valence electrons. The summed E-state index contributed by atoms with van der Waals surface area (Å²) in [5, 5.41) is 11.1. The molecular formula is C19H26N2O4S. The van der Waals surface area contributed by atoms with Crippen LogP contribution in [0.3, 0.4) is 0 Å². The van der Waals surface area contributed by atoms with E-state index < -0.39 is 5.97 Å². The number of carbonyl (C=O) groups is 3. The summed E-state index contributed by atoms with van der Waals surface area (Å²) in [5.74, 6) is -1.12. The summed E-state index contributed by atoms with van der Waals surface area (Å²) in [4.78, 5) is 40.6. The van der Waals surface area contributed by atoms with Crippen molar-refractivity contribution < 1.29 is 19.5 Å². The number of carbonyl (C=O) groups excluding carboxylic acids is 2. The van der Waals surface area contributed by atoms with Gasteiger partial charge in [0.1, 0.15) is 6.54 Å². The Morgan fingerprint density at radius 1 is 1.19 bits per heavy atom. The number of hydrogen-bond donors (Lipinski definition) is 1. The van der Waals surface area contributed by atoms with E-state index in [1.54, 1.807) is 11.3 Å². The molecule has 1 N–H and O–H groups in total. The predicted molar refractivity (Wildman–Crippen MR) is 99.5 cm³/mol. The van der Waals surface area contributed by atoms with Gasteiger partial charge in [0.15, 0.2) is 0 Å². The molecule has 2 amide bonds. The molecule has 1 saturated heterocycles. The van der Waals surface area contributed by atoms with Gasteiger partial charge in [-0.1, -0.05) is 0 Å². The number of rotatable bonds is 4. The molecule has 1 unspecified atom stereocenters. The molecule has 2 heterocycles. The van der Waals surface area contributed by atoms with Crippen LogP contribution in [-0.2, 0) is 22.4 Å². The van der Waals surface area contributed by atoms with Crippen molar-refractivity contribution in [3.8, 4) is 0 Å². The highest BCUT2D eigenvalue weighted by Gasteiger charge is 2.29. The monoisotopic (exact) mass is 378 g/mol. The zero-order valence-electron chi connectivity index (χ0n) is 15.2. The lowest BCUT2D eigenvalue weighted by molar-refractivity contribution is -0.145. The molecule has 0 saturated carbocycles. The third-order valence-electron chi connectivity index (χ3n) is 5.43. The molecule has 0 radical (unpaired) electrons. The summed E-state index contributed by atoms with van der Waals surface area (Å²) in [6.07, 6.45) is 6.58. The first-order chi connectivity index (χ1) is 12.5. The van der Waals surface area contributed by atoms with Gasteiger partial charge < -0.3 is 14.9 Å². The summed E-state index contributed by atoms with van der Waals surface area (Å²) < 4.78 is 0. The normalized spacial score (nSPS) is 20.2. The topological polar surface area (TPSA) is 77.9 Å². The summed E-state index contributed by atoms with van der Waals surface area (Å²) in [7, 11) is 0. The highest BCUT2D eigenvalue weighted by atomic mass is 32.1. The van der Waals surface area contributed by atoms with Crippen molar-refractivity contribution in [2.45, 2.75) is 57.9 Å². The largest absolute Gasteiger partial charge is 0.480 e. The number of amides is 2. The third-order valence-corrected chi connectivity index (χ3v) is 6.52. The zero-order chi connectivity index (χ0) is 18.7. The van der Waals surface area contributed by atoms with E-state index in [0.29, 0.717) is 19.5 Å². The Morgan fingerprint density at radius 3 is 2.69 bits per heavy atom. The molecule has 0 bridgehead atoms. The molecule has 1 aliphatic carbocycles. The Morgan fingerprint density at radius 2 is 1.96 bits per heavy atom. The first-order valence-corrected chi connectivity index (χ1v) is 10.2. The number of aryl methyl sites for hydroxylation is 1. The van der Waals surface area contributed by atoms with Gasteiger partial charge in [0.05, 0.1) is 5.56 Å². The zero-order valence-corrected chi connectivity index (χ0v) is 16.0. The third kappa shape index (κ3) is 4.09. The van der Waals surface area contributed by atoms with Crippen molar-refractivity contribution in [1.82, 2.24) is 9.80 Å². The van der Waals surface area contributed by atoms with Crippen LogP contribution in [0.4, 0.5) is 0 Å². The van der Waals surface area contributed by atoms with E-state index in [9.17, 15) is 14.4 Å². The number of thiophene rings is 1. The van der Waals surface area contributed by atoms with Crippen molar-refractivity contribution in [2.75, 3.05) is 19.6 Å². The smallest absolute Gasteiger partial charge is 0.323 e. The van der Waals surface area contributed by atoms with Crippen LogP contribution in [0.15, 0.2) is 5.38 Å². The van der Waals surface area contributed by atoms with Crippen LogP contribution >= 0.6 is 11.3 Å². The lowest BCUT2D eigenvalue weighted by Gasteiger charge is -2.29. The fourth-order valence-corrected chi connectivity index (χ4v) is 5.20. The van der Waals surface area contributed by atoms with E-state index in [1.165, 1.54) is 28.7 Å². The molecule has 1 aromatic heterocycles. The minimum Gasteiger partial charge on any atom is -0.480 e. The molecule has 1 atom stereocenters. The molecule has 6 nitrogen and oxygen atoms in total. The summed E-state index contributed by atoms with van der Waals surface area (Å²) in [5.41, 5.74) is 2.10. The van der Waals surface area contributed by atoms with Crippen LogP contribution in [0.5, 0.6) is 0 Å². The highest BCUT2D eigenvalue weighted by molar-refractivity contribution is 7.10. The fraction of sp³-hybridized carbons (Fsp3) is 0.632. The van der Waals surface area contributed by atoms with E-state index in [0.717, 1.165) is 37.7 Å². The molecule has 0 aromatic carbocycles. The highest BCUT2D eigenvalue weighted by Crippen LogP contribution is 2.31. The molecule has 2 aliphatic rings. The van der Waals surface area contributed by atoms with Gasteiger partial charge in [-0.05, 0) is 50.5 Å². The number of aliphatic carboxylic acids is 1. The Bertz CT molecular complexity index is 700. The van der Waals surface area contributed by atoms with Crippen molar-refractivity contribution in [2.24, 2.45) is 0 Å². The number of carboxylic acids is 1. The van der Waals surface area contributed by atoms with Gasteiger partial charge in [-0.3, -0.25) is 14.4 Å². The second-order valence-corrected chi connectivity index (χ2v) is 8.14. The lowest BCUT2D eigenvalue weighted by Crippen LogP contribution is -2.43. The second kappa shape index (κ2) is 8.20. The number of carboxylic acid groups (broad SMARTS) is 1. The van der Waals surface area contributed by atoms with Gasteiger partial charge in [-0.25, -0.2) is 0 Å². The van der Waals surface area contributed by atoms with Crippen LogP contribution in [0.1, 0.15) is 59.8 Å². The number of likely N-dealkylation sites (tertiary alicyclic amines) is 1. The van der Waals surface area contributed by atoms with E-state index in [-0.39, 0.29) is 24.4 Å². The van der Waals surface area contributed by atoms with Gasteiger partial charge in [0.25, 0.3) is 5.91 Å². The number of hydrogen-bond acceptors (Lipinski definition) is 4. The van der Waals surface area contributed by atoms with Crippen molar-refractivity contribution in [3.63, 3.8) is 0 Å². The quantitative estimate of drug-likeness (QED) is 0.873. The van der Waals surface area contributed by atoms with Crippen LogP contribution < -0.4 is 0 Å². The van der Waals surface area contributed by atoms with Gasteiger partial charge in [-0.2, -0.15) is 0 Å². The maximum atomic E-state index is 13.0. The predicted octanol–water partition coefficient (Wildman–Crippen LogP) is 2.55. The molecule has 7 heteroatoms. The molecule has 1 fully saturated rings. The summed E-state index contributed by atoms with van der Waals surface area (Å²) in [6.45, 7) is 2.37. The van der Waals surface area contributed by atoms with Crippen LogP contribution in [0.2, 0.25) is 0 Å². The molecule has 1 aromatic rings. The fourth-order valence-electron chi connectivity index (χ4n) is 4.08. The molecule has 0 spiro atoms. The van der Waals surface area contributed by atoms with Gasteiger partial charge in [0.2, 0.25) is 5.91 Å². The maximum Gasteiger partial charge on any atom is 0.323 e. The first kappa shape index (κ1) is 18.9. The van der Waals surface area contributed by atoms with Crippen LogP contribution in [0.25, 0.3) is 0 Å². The average Bonchev–Trinajstić information content (AvgIpc) is 2.88. The standard InChI is InChI=1S/C19H26N2O4S/c1-13(22)21(11-18(23)24)14-5-4-9-20(10-8-14)19(25)16-12-26-17-7-3-2-6-15(16)17/h12,14H,2-11H2,1H3,(H,23,24). The van der Waals surface area contributed by atoms with Gasteiger partial charge in [0, 0.05) is 36.3 Å². The Labute approximate surface area is 157 Å². The van der Waals surface area contributed by atoms with E-state index >= 15 is 0 Å². The van der Waals surface area contributed by atoms with E-state index in [2.05, 4.69) is 0 Å². The van der Waals surface area contributed by atoms with Crippen LogP contribution in [-0.4, -0.2) is 58.4 Å². The number of nitrogens with zero attached hydrogens (tertiary/aromatic N) is 2. The van der Waals surface area contributed by atoms with Crippen LogP contribution in [0, 0.1) is 0 Å². The molecular weight excluding hydrogens is 352 g/mol. The summed E-state index contributed by atoms with van der Waals surface area (Å²) in [6, 6.07) is -0.113. The van der Waals surface area contributed by atoms with Crippen molar-refractivity contribution in [3.05, 3.63) is 21.4 Å². The lowest BCUT2D eigenvalue weighted by atomic mass is 9.95. The first-order valence-electron chi connectivity index (χ1n) is 9.35.